The summed E-state index contributed by atoms with van der Waals surface area (Å²) in [4.78, 5) is 25.7. The quantitative estimate of drug-likeness (QED) is 0.647. The molecule has 118 valence electrons. The van der Waals surface area contributed by atoms with E-state index in [1.807, 2.05) is 25.3 Å². The molecule has 0 bridgehead atoms. The number of carbonyl (C=O) groups is 2. The van der Waals surface area contributed by atoms with E-state index >= 15 is 0 Å². The second kappa shape index (κ2) is 6.19. The number of carboxylic acid groups (broad SMARTS) is 1. The van der Waals surface area contributed by atoms with Crippen LogP contribution in [0.15, 0.2) is 24.4 Å². The fourth-order valence-electron chi connectivity index (χ4n) is 2.18. The van der Waals surface area contributed by atoms with E-state index in [4.69, 9.17) is 5.11 Å². The number of aromatic amines is 1. The highest BCUT2D eigenvalue weighted by atomic mass is 16.4. The Bertz CT molecular complexity index is 703. The molecule has 1 aromatic carbocycles. The third kappa shape index (κ3) is 3.65. The minimum Gasteiger partial charge on any atom is -0.479 e. The molecule has 2 aromatic rings. The molecule has 6 heteroatoms. The molecule has 2 rings (SSSR count). The fraction of sp³-hybridized carbons (Fsp3) is 0.375. The van der Waals surface area contributed by atoms with Gasteiger partial charge in [0.2, 0.25) is 5.91 Å². The van der Waals surface area contributed by atoms with Crippen LogP contribution >= 0.6 is 0 Å². The van der Waals surface area contributed by atoms with Crippen molar-refractivity contribution in [1.29, 1.82) is 0 Å². The third-order valence-electron chi connectivity index (χ3n) is 3.63. The summed E-state index contributed by atoms with van der Waals surface area (Å²) in [6.07, 6.45) is 2.66. The number of carbonyl (C=O) groups excluding carboxylic acids is 1. The van der Waals surface area contributed by atoms with Crippen LogP contribution in [0.2, 0.25) is 0 Å². The maximum absolute atomic E-state index is 11.8. The summed E-state index contributed by atoms with van der Waals surface area (Å²) in [6, 6.07) is 6.08. The van der Waals surface area contributed by atoms with Gasteiger partial charge in [-0.2, -0.15) is 0 Å². The van der Waals surface area contributed by atoms with Crippen molar-refractivity contribution in [2.45, 2.75) is 32.3 Å². The second-order valence-corrected chi connectivity index (χ2v) is 5.72. The molecule has 0 aliphatic heterocycles. The van der Waals surface area contributed by atoms with E-state index in [1.54, 1.807) is 0 Å². The smallest absolute Gasteiger partial charge is 0.337 e. The number of hydrogen-bond donors (Lipinski definition) is 4. The number of rotatable bonds is 6. The lowest BCUT2D eigenvalue weighted by atomic mass is 10.1. The number of benzene rings is 1. The van der Waals surface area contributed by atoms with Crippen LogP contribution in [-0.4, -0.2) is 39.2 Å². The molecule has 0 spiro atoms. The monoisotopic (exact) mass is 304 g/mol. The molecule has 1 amide bonds. The van der Waals surface area contributed by atoms with Crippen molar-refractivity contribution in [3.63, 3.8) is 0 Å². The molecule has 22 heavy (non-hydrogen) atoms. The van der Waals surface area contributed by atoms with E-state index in [0.717, 1.165) is 29.0 Å². The van der Waals surface area contributed by atoms with E-state index in [9.17, 15) is 14.7 Å². The van der Waals surface area contributed by atoms with Crippen molar-refractivity contribution in [1.82, 2.24) is 10.3 Å². The van der Waals surface area contributed by atoms with Gasteiger partial charge in [-0.05, 0) is 38.0 Å². The topological polar surface area (TPSA) is 102 Å². The van der Waals surface area contributed by atoms with Crippen LogP contribution in [0, 0.1) is 6.92 Å². The summed E-state index contributed by atoms with van der Waals surface area (Å²) >= 11 is 0. The van der Waals surface area contributed by atoms with Crippen LogP contribution in [0.25, 0.3) is 10.9 Å². The molecule has 4 N–H and O–H groups in total. The zero-order valence-electron chi connectivity index (χ0n) is 12.6. The normalized spacial score (nSPS) is 13.8. The van der Waals surface area contributed by atoms with Gasteiger partial charge in [0, 0.05) is 23.5 Å². The first-order valence-corrected chi connectivity index (χ1v) is 7.09. The number of H-pyrrole nitrogens is 1. The number of aliphatic carboxylic acids is 1. The molecule has 1 heterocycles. The summed E-state index contributed by atoms with van der Waals surface area (Å²) in [5.74, 6) is -1.65. The van der Waals surface area contributed by atoms with Crippen molar-refractivity contribution >= 4 is 22.8 Å². The van der Waals surface area contributed by atoms with Gasteiger partial charge < -0.3 is 20.5 Å². The molecule has 6 nitrogen and oxygen atoms in total. The third-order valence-corrected chi connectivity index (χ3v) is 3.63. The Morgan fingerprint density at radius 1 is 1.36 bits per heavy atom. The molecule has 1 unspecified atom stereocenters. The van der Waals surface area contributed by atoms with Crippen molar-refractivity contribution in [2.24, 2.45) is 0 Å². The Hall–Kier alpha value is -2.34. The van der Waals surface area contributed by atoms with E-state index in [-0.39, 0.29) is 18.9 Å². The lowest BCUT2D eigenvalue weighted by molar-refractivity contribution is -0.156. The van der Waals surface area contributed by atoms with Gasteiger partial charge in [0.05, 0.1) is 6.54 Å². The second-order valence-electron chi connectivity index (χ2n) is 5.72. The number of nitrogens with one attached hydrogen (secondary N) is 2. The van der Waals surface area contributed by atoms with Gasteiger partial charge in [-0.15, -0.1) is 0 Å². The Morgan fingerprint density at radius 2 is 2.09 bits per heavy atom. The number of hydrogen-bond acceptors (Lipinski definition) is 3. The minimum atomic E-state index is -1.95. The van der Waals surface area contributed by atoms with Crippen LogP contribution in [0.4, 0.5) is 0 Å². The zero-order valence-corrected chi connectivity index (χ0v) is 12.6. The van der Waals surface area contributed by atoms with Gasteiger partial charge in [-0.25, -0.2) is 4.79 Å². The predicted octanol–water partition coefficient (Wildman–Crippen LogP) is 1.36. The predicted molar refractivity (Wildman–Crippen MR) is 82.6 cm³/mol. The average Bonchev–Trinajstić information content (AvgIpc) is 2.85. The van der Waals surface area contributed by atoms with Crippen molar-refractivity contribution < 1.29 is 19.8 Å². The molecule has 0 radical (unpaired) electrons. The van der Waals surface area contributed by atoms with Crippen molar-refractivity contribution in [3.05, 3.63) is 35.5 Å². The maximum Gasteiger partial charge on any atom is 0.337 e. The summed E-state index contributed by atoms with van der Waals surface area (Å²) in [7, 11) is 0. The number of fused-ring (bicyclic) bond motifs is 1. The van der Waals surface area contributed by atoms with Gasteiger partial charge in [0.1, 0.15) is 0 Å². The summed E-state index contributed by atoms with van der Waals surface area (Å²) in [6.45, 7) is 2.85. The van der Waals surface area contributed by atoms with E-state index in [1.165, 1.54) is 0 Å². The van der Waals surface area contributed by atoms with Gasteiger partial charge >= 0.3 is 5.97 Å². The highest BCUT2D eigenvalue weighted by Gasteiger charge is 2.30. The number of carboxylic acids is 1. The number of aromatic nitrogens is 1. The van der Waals surface area contributed by atoms with Crippen molar-refractivity contribution in [3.8, 4) is 0 Å². The number of amides is 1. The molecule has 0 aliphatic rings. The lowest BCUT2D eigenvalue weighted by Gasteiger charge is -2.18. The SMILES string of the molecule is Cc1ccc2[nH]cc(CCC(=O)NCC(C)(O)C(=O)O)c2c1. The molecule has 0 saturated carbocycles. The summed E-state index contributed by atoms with van der Waals surface area (Å²) in [5.41, 5.74) is 1.26. The Morgan fingerprint density at radius 3 is 2.77 bits per heavy atom. The van der Waals surface area contributed by atoms with E-state index in [0.29, 0.717) is 6.42 Å². The highest BCUT2D eigenvalue weighted by molar-refractivity contribution is 5.85. The standard InChI is InChI=1S/C16H20N2O4/c1-10-3-5-13-12(7-10)11(8-17-13)4-6-14(19)18-9-16(2,22)15(20)21/h3,5,7-8,17,22H,4,6,9H2,1-2H3,(H,18,19)(H,20,21). The lowest BCUT2D eigenvalue weighted by Crippen LogP contribution is -2.46. The maximum atomic E-state index is 11.8. The molecule has 1 aromatic heterocycles. The first-order chi connectivity index (χ1) is 10.3. The van der Waals surface area contributed by atoms with Crippen LogP contribution in [-0.2, 0) is 16.0 Å². The Kier molecular flexibility index (Phi) is 4.51. The first kappa shape index (κ1) is 16.0. The number of aryl methyl sites for hydroxylation is 2. The largest absolute Gasteiger partial charge is 0.479 e. The number of aliphatic hydroxyl groups is 1. The van der Waals surface area contributed by atoms with Gasteiger partial charge in [-0.3, -0.25) is 4.79 Å². The molecular formula is C16H20N2O4. The Balaban J connectivity index is 1.93. The van der Waals surface area contributed by atoms with Crippen molar-refractivity contribution in [2.75, 3.05) is 6.54 Å². The molecule has 0 saturated heterocycles. The zero-order chi connectivity index (χ0) is 16.3. The summed E-state index contributed by atoms with van der Waals surface area (Å²) < 4.78 is 0. The molecule has 1 atom stereocenters. The van der Waals surface area contributed by atoms with Gasteiger partial charge in [0.15, 0.2) is 5.60 Å². The van der Waals surface area contributed by atoms with Gasteiger partial charge in [0.25, 0.3) is 0 Å². The highest BCUT2D eigenvalue weighted by Crippen LogP contribution is 2.20. The minimum absolute atomic E-state index is 0.233. The van der Waals surface area contributed by atoms with Crippen LogP contribution in [0.5, 0.6) is 0 Å². The first-order valence-electron chi connectivity index (χ1n) is 7.09. The molecule has 0 fully saturated rings. The molecular weight excluding hydrogens is 284 g/mol. The van der Waals surface area contributed by atoms with E-state index in [2.05, 4.69) is 16.4 Å². The van der Waals surface area contributed by atoms with Crippen LogP contribution in [0.3, 0.4) is 0 Å². The summed E-state index contributed by atoms with van der Waals surface area (Å²) in [5, 5.41) is 21.9. The Labute approximate surface area is 128 Å². The fourth-order valence-corrected chi connectivity index (χ4v) is 2.18. The van der Waals surface area contributed by atoms with Crippen LogP contribution in [0.1, 0.15) is 24.5 Å². The average molecular weight is 304 g/mol. The van der Waals surface area contributed by atoms with Crippen LogP contribution < -0.4 is 5.32 Å². The van der Waals surface area contributed by atoms with E-state index < -0.39 is 11.6 Å². The molecule has 0 aliphatic carbocycles. The van der Waals surface area contributed by atoms with Gasteiger partial charge in [-0.1, -0.05) is 11.6 Å².